The van der Waals surface area contributed by atoms with Crippen LogP contribution in [0, 0.1) is 6.92 Å². The fourth-order valence-electron chi connectivity index (χ4n) is 2.68. The number of aromatic amines is 1. The second-order valence-electron chi connectivity index (χ2n) is 6.24. The number of ether oxygens (including phenoxy) is 3. The number of imidazole rings is 1. The largest absolute Gasteiger partial charge is 0.493 e. The topological polar surface area (TPSA) is 86.3 Å². The predicted molar refractivity (Wildman–Crippen MR) is 108 cm³/mol. The lowest BCUT2D eigenvalue weighted by molar-refractivity contribution is 0.0644. The molecule has 1 aromatic carbocycles. The summed E-state index contributed by atoms with van der Waals surface area (Å²) in [7, 11) is 0.336. The van der Waals surface area contributed by atoms with Gasteiger partial charge in [-0.05, 0) is 25.1 Å². The molecule has 150 valence electrons. The van der Waals surface area contributed by atoms with E-state index in [2.05, 4.69) is 15.0 Å². The Morgan fingerprint density at radius 1 is 1.11 bits per heavy atom. The van der Waals surface area contributed by atoms with Crippen molar-refractivity contribution in [2.75, 3.05) is 33.5 Å². The van der Waals surface area contributed by atoms with E-state index in [1.807, 2.05) is 37.3 Å². The van der Waals surface area contributed by atoms with Gasteiger partial charge < -0.3 is 19.2 Å². The molecule has 0 saturated carbocycles. The summed E-state index contributed by atoms with van der Waals surface area (Å²) in [6, 6.07) is 9.46. The van der Waals surface area contributed by atoms with Crippen LogP contribution in [-0.4, -0.2) is 52.7 Å². The molecule has 0 spiro atoms. The average Bonchev–Trinajstić information content (AvgIpc) is 3.14. The van der Waals surface area contributed by atoms with E-state index in [1.165, 1.54) is 0 Å². The zero-order chi connectivity index (χ0) is 19.8. The maximum absolute atomic E-state index is 12.7. The highest BCUT2D eigenvalue weighted by molar-refractivity contribution is 7.84. The van der Waals surface area contributed by atoms with E-state index in [0.717, 1.165) is 34.5 Å². The third-order valence-electron chi connectivity index (χ3n) is 4.23. The normalized spacial score (nSPS) is 12.4. The van der Waals surface area contributed by atoms with Gasteiger partial charge in [-0.25, -0.2) is 4.98 Å². The molecule has 7 nitrogen and oxygen atoms in total. The first-order chi connectivity index (χ1) is 13.7. The number of benzene rings is 1. The quantitative estimate of drug-likeness (QED) is 0.495. The Balaban J connectivity index is 1.57. The Kier molecular flexibility index (Phi) is 7.53. The summed E-state index contributed by atoms with van der Waals surface area (Å²) in [5.74, 6) is 1.03. The zero-order valence-electron chi connectivity index (χ0n) is 16.1. The van der Waals surface area contributed by atoms with Crippen molar-refractivity contribution in [2.45, 2.75) is 24.3 Å². The van der Waals surface area contributed by atoms with E-state index in [4.69, 9.17) is 14.2 Å². The summed E-state index contributed by atoms with van der Waals surface area (Å²) < 4.78 is 28.9. The number of rotatable bonds is 11. The molecule has 0 fully saturated rings. The van der Waals surface area contributed by atoms with Gasteiger partial charge in [0.15, 0.2) is 5.16 Å². The van der Waals surface area contributed by atoms with Crippen molar-refractivity contribution in [1.82, 2.24) is 15.0 Å². The van der Waals surface area contributed by atoms with Crippen LogP contribution in [-0.2, 0) is 26.0 Å². The molecule has 0 aliphatic carbocycles. The Labute approximate surface area is 166 Å². The van der Waals surface area contributed by atoms with Crippen molar-refractivity contribution < 1.29 is 18.4 Å². The highest BCUT2D eigenvalue weighted by atomic mass is 32.2. The number of hydrogen-bond acceptors (Lipinski definition) is 6. The van der Waals surface area contributed by atoms with Crippen molar-refractivity contribution in [3.05, 3.63) is 47.8 Å². The number of methoxy groups -OCH3 is 1. The molecule has 0 aliphatic rings. The zero-order valence-corrected chi connectivity index (χ0v) is 17.0. The minimum Gasteiger partial charge on any atom is -0.493 e. The average molecular weight is 404 g/mol. The van der Waals surface area contributed by atoms with Gasteiger partial charge in [0, 0.05) is 31.9 Å². The predicted octanol–water partition coefficient (Wildman–Crippen LogP) is 3.01. The number of pyridine rings is 1. The second kappa shape index (κ2) is 10.3. The molecule has 8 heteroatoms. The van der Waals surface area contributed by atoms with Crippen LogP contribution in [0.5, 0.6) is 5.75 Å². The van der Waals surface area contributed by atoms with Crippen LogP contribution < -0.4 is 4.74 Å². The molecule has 28 heavy (non-hydrogen) atoms. The summed E-state index contributed by atoms with van der Waals surface area (Å²) in [5.41, 5.74) is 3.32. The van der Waals surface area contributed by atoms with Crippen LogP contribution in [0.3, 0.4) is 0 Å². The molecule has 3 aromatic rings. The molecule has 0 saturated heterocycles. The summed E-state index contributed by atoms with van der Waals surface area (Å²) in [6.45, 7) is 4.28. The molecule has 1 N–H and O–H groups in total. The minimum atomic E-state index is -1.31. The van der Waals surface area contributed by atoms with Crippen LogP contribution in [0.25, 0.3) is 11.0 Å². The van der Waals surface area contributed by atoms with Gasteiger partial charge in [-0.3, -0.25) is 9.19 Å². The van der Waals surface area contributed by atoms with Crippen LogP contribution in [0.4, 0.5) is 0 Å². The molecule has 0 aliphatic heterocycles. The molecule has 2 aromatic heterocycles. The van der Waals surface area contributed by atoms with Crippen molar-refractivity contribution in [1.29, 1.82) is 0 Å². The summed E-state index contributed by atoms with van der Waals surface area (Å²) >= 11 is 0. The number of aromatic nitrogens is 3. The molecule has 3 rings (SSSR count). The van der Waals surface area contributed by atoms with E-state index in [0.29, 0.717) is 31.6 Å². The number of para-hydroxylation sites is 2. The summed E-state index contributed by atoms with van der Waals surface area (Å²) in [5, 5.41) is 0.460. The highest BCUT2D eigenvalue weighted by Gasteiger charge is 2.14. The molecule has 2 heterocycles. The van der Waals surface area contributed by atoms with E-state index in [9.17, 15) is 4.21 Å². The molecule has 0 radical (unpaired) electrons. The van der Waals surface area contributed by atoms with Gasteiger partial charge in [-0.1, -0.05) is 12.1 Å². The third-order valence-corrected chi connectivity index (χ3v) is 5.39. The number of nitrogens with zero attached hydrogens (tertiary/aromatic N) is 2. The maximum atomic E-state index is 12.7. The first-order valence-electron chi connectivity index (χ1n) is 9.16. The van der Waals surface area contributed by atoms with Crippen LogP contribution in [0.2, 0.25) is 0 Å². The molecular weight excluding hydrogens is 378 g/mol. The van der Waals surface area contributed by atoms with Gasteiger partial charge in [0.05, 0.1) is 53.1 Å². The lowest BCUT2D eigenvalue weighted by Crippen LogP contribution is -2.08. The second-order valence-corrected chi connectivity index (χ2v) is 7.60. The van der Waals surface area contributed by atoms with E-state index in [1.54, 1.807) is 13.3 Å². The standard InChI is InChI=1S/C20H25N3O4S/c1-15-18(14-28(24)20-22-16-6-3-4-7-17(16)23-20)21-9-8-19(15)27-11-5-10-26-13-12-25-2/h3-4,6-9H,5,10-14H2,1-2H3,(H,22,23). The summed E-state index contributed by atoms with van der Waals surface area (Å²) in [4.78, 5) is 11.9. The summed E-state index contributed by atoms with van der Waals surface area (Å²) in [6.07, 6.45) is 2.47. The first kappa shape index (κ1) is 20.4. The monoisotopic (exact) mass is 403 g/mol. The minimum absolute atomic E-state index is 0.281. The molecule has 0 amide bonds. The molecule has 1 atom stereocenters. The van der Waals surface area contributed by atoms with E-state index >= 15 is 0 Å². The Bertz CT molecular complexity index is 896. The van der Waals surface area contributed by atoms with Gasteiger partial charge in [-0.15, -0.1) is 0 Å². The number of nitrogens with one attached hydrogen (secondary N) is 1. The Hall–Kier alpha value is -2.29. The van der Waals surface area contributed by atoms with Gasteiger partial charge in [-0.2, -0.15) is 0 Å². The molecule has 1 unspecified atom stereocenters. The number of hydrogen-bond donors (Lipinski definition) is 1. The lowest BCUT2D eigenvalue weighted by atomic mass is 10.2. The highest BCUT2D eigenvalue weighted by Crippen LogP contribution is 2.22. The Morgan fingerprint density at radius 3 is 2.79 bits per heavy atom. The van der Waals surface area contributed by atoms with Gasteiger partial charge in [0.25, 0.3) is 0 Å². The smallest absolute Gasteiger partial charge is 0.197 e. The Morgan fingerprint density at radius 2 is 1.96 bits per heavy atom. The van der Waals surface area contributed by atoms with Crippen LogP contribution in [0.15, 0.2) is 41.7 Å². The van der Waals surface area contributed by atoms with E-state index in [-0.39, 0.29) is 5.75 Å². The molecular formula is C20H25N3O4S. The van der Waals surface area contributed by atoms with Crippen molar-refractivity contribution in [2.24, 2.45) is 0 Å². The fourth-order valence-corrected chi connectivity index (χ4v) is 3.78. The fraction of sp³-hybridized carbons (Fsp3) is 0.400. The van der Waals surface area contributed by atoms with Gasteiger partial charge in [0.1, 0.15) is 5.75 Å². The molecule has 0 bridgehead atoms. The van der Waals surface area contributed by atoms with Crippen molar-refractivity contribution in [3.63, 3.8) is 0 Å². The van der Waals surface area contributed by atoms with E-state index < -0.39 is 10.8 Å². The van der Waals surface area contributed by atoms with Crippen LogP contribution >= 0.6 is 0 Å². The number of H-pyrrole nitrogens is 1. The SMILES string of the molecule is COCCOCCCOc1ccnc(CS(=O)c2nc3ccccc3[nH]2)c1C. The van der Waals surface area contributed by atoms with Crippen LogP contribution in [0.1, 0.15) is 17.7 Å². The maximum Gasteiger partial charge on any atom is 0.197 e. The lowest BCUT2D eigenvalue weighted by Gasteiger charge is -2.12. The van der Waals surface area contributed by atoms with Crippen molar-refractivity contribution >= 4 is 21.8 Å². The third kappa shape index (κ3) is 5.37. The van der Waals surface area contributed by atoms with Gasteiger partial charge >= 0.3 is 0 Å². The number of fused-ring (bicyclic) bond motifs is 1. The van der Waals surface area contributed by atoms with Gasteiger partial charge in [0.2, 0.25) is 0 Å². The first-order valence-corrected chi connectivity index (χ1v) is 10.5. The van der Waals surface area contributed by atoms with Crippen molar-refractivity contribution in [3.8, 4) is 5.75 Å².